The summed E-state index contributed by atoms with van der Waals surface area (Å²) in [4.78, 5) is 28.5. The van der Waals surface area contributed by atoms with E-state index in [1.807, 2.05) is 42.7 Å². The van der Waals surface area contributed by atoms with Gasteiger partial charge in [0, 0.05) is 11.8 Å². The number of alkyl carbamates (subject to hydrolysis) is 1. The van der Waals surface area contributed by atoms with Crippen LogP contribution in [0.2, 0.25) is 0 Å². The quantitative estimate of drug-likeness (QED) is 0.179. The van der Waals surface area contributed by atoms with Crippen LogP contribution < -0.4 is 5.32 Å². The van der Waals surface area contributed by atoms with E-state index in [2.05, 4.69) is 16.4 Å². The summed E-state index contributed by atoms with van der Waals surface area (Å²) in [6, 6.07) is 13.3. The minimum Gasteiger partial charge on any atom is -0.445 e. The Bertz CT molecular complexity index is 1550. The first-order chi connectivity index (χ1) is 19.8. The summed E-state index contributed by atoms with van der Waals surface area (Å²) in [6.45, 7) is 3.57. The summed E-state index contributed by atoms with van der Waals surface area (Å²) >= 11 is 2.92. The topological polar surface area (TPSA) is 97.2 Å². The zero-order valence-corrected chi connectivity index (χ0v) is 25.2. The Hall–Kier alpha value is -3.27. The molecule has 2 aliphatic carbocycles. The molecule has 2 heterocycles. The Morgan fingerprint density at radius 2 is 1.78 bits per heavy atom. The van der Waals surface area contributed by atoms with Crippen molar-refractivity contribution in [3.8, 4) is 11.4 Å². The molecular weight excluding hydrogens is 553 g/mol. The molecular formula is C32H34N4O3S2. The summed E-state index contributed by atoms with van der Waals surface area (Å²) in [7, 11) is 0. The number of aromatic nitrogens is 3. The minimum atomic E-state index is -1.10. The van der Waals surface area contributed by atoms with Crippen molar-refractivity contribution in [2.45, 2.75) is 75.6 Å². The van der Waals surface area contributed by atoms with Crippen LogP contribution in [0.4, 0.5) is 4.79 Å². The molecule has 0 fully saturated rings. The van der Waals surface area contributed by atoms with Gasteiger partial charge in [-0.15, -0.1) is 23.1 Å². The Labute approximate surface area is 248 Å². The maximum Gasteiger partial charge on any atom is 0.408 e. The smallest absolute Gasteiger partial charge is 0.408 e. The molecule has 212 valence electrons. The molecule has 2 aromatic carbocycles. The number of rotatable bonds is 8. The van der Waals surface area contributed by atoms with Crippen LogP contribution in [0, 0.1) is 0 Å². The van der Waals surface area contributed by atoms with Crippen molar-refractivity contribution in [1.82, 2.24) is 20.3 Å². The largest absolute Gasteiger partial charge is 0.445 e. The van der Waals surface area contributed by atoms with Gasteiger partial charge in [0.1, 0.15) is 28.3 Å². The zero-order chi connectivity index (χ0) is 28.6. The number of carbonyl (C=O) groups is 1. The average Bonchev–Trinajstić information content (AvgIpc) is 3.74. The van der Waals surface area contributed by atoms with Crippen molar-refractivity contribution in [2.75, 3.05) is 6.26 Å². The Kier molecular flexibility index (Phi) is 7.85. The van der Waals surface area contributed by atoms with E-state index in [9.17, 15) is 9.90 Å². The molecule has 0 aliphatic heterocycles. The number of hydrogen-bond donors (Lipinski definition) is 2. The predicted octanol–water partition coefficient (Wildman–Crippen LogP) is 6.54. The first-order valence-electron chi connectivity index (χ1n) is 14.1. The molecule has 1 atom stereocenters. The molecule has 0 bridgehead atoms. The minimum absolute atomic E-state index is 0.157. The first-order valence-corrected chi connectivity index (χ1v) is 16.1. The van der Waals surface area contributed by atoms with Crippen LogP contribution in [0.15, 0.2) is 53.7 Å². The van der Waals surface area contributed by atoms with E-state index in [1.165, 1.54) is 39.2 Å². The molecule has 2 aliphatic rings. The first kappa shape index (κ1) is 27.9. The van der Waals surface area contributed by atoms with Crippen molar-refractivity contribution in [1.29, 1.82) is 0 Å². The number of hydrogen-bond acceptors (Lipinski definition) is 8. The summed E-state index contributed by atoms with van der Waals surface area (Å²) in [5.41, 5.74) is 7.28. The second-order valence-corrected chi connectivity index (χ2v) is 13.0. The van der Waals surface area contributed by atoms with E-state index in [-0.39, 0.29) is 6.61 Å². The number of ether oxygens (including phenoxy) is 1. The Balaban J connectivity index is 1.41. The molecule has 7 nitrogen and oxygen atoms in total. The molecule has 2 aromatic heterocycles. The summed E-state index contributed by atoms with van der Waals surface area (Å²) in [6.07, 6.45) is 9.74. The second-order valence-electron chi connectivity index (χ2n) is 11.2. The lowest BCUT2D eigenvalue weighted by Gasteiger charge is -2.20. The van der Waals surface area contributed by atoms with E-state index < -0.39 is 17.7 Å². The number of aryl methyl sites for hydroxylation is 2. The number of benzene rings is 2. The highest BCUT2D eigenvalue weighted by molar-refractivity contribution is 7.98. The van der Waals surface area contributed by atoms with Crippen LogP contribution in [0.3, 0.4) is 0 Å². The second kappa shape index (κ2) is 11.5. The number of carbonyl (C=O) groups excluding carboxylic acids is 1. The van der Waals surface area contributed by atoms with Crippen LogP contribution in [-0.2, 0) is 42.6 Å². The van der Waals surface area contributed by atoms with Crippen LogP contribution in [-0.4, -0.2) is 32.4 Å². The van der Waals surface area contributed by atoms with Gasteiger partial charge < -0.3 is 15.2 Å². The third-order valence-electron chi connectivity index (χ3n) is 7.73. The highest BCUT2D eigenvalue weighted by Crippen LogP contribution is 2.41. The lowest BCUT2D eigenvalue weighted by molar-refractivity contribution is 0.0783. The normalized spacial score (nSPS) is 14.9. The number of nitrogens with one attached hydrogen (secondary N) is 1. The number of fused-ring (bicyclic) bond motifs is 2. The monoisotopic (exact) mass is 586 g/mol. The summed E-state index contributed by atoms with van der Waals surface area (Å²) in [5, 5.41) is 15.1. The van der Waals surface area contributed by atoms with E-state index in [0.29, 0.717) is 10.7 Å². The zero-order valence-electron chi connectivity index (χ0n) is 23.6. The van der Waals surface area contributed by atoms with E-state index >= 15 is 0 Å². The number of amides is 1. The molecule has 6 rings (SSSR count). The van der Waals surface area contributed by atoms with Crippen molar-refractivity contribution in [3.63, 3.8) is 0 Å². The van der Waals surface area contributed by atoms with Crippen molar-refractivity contribution >= 4 is 29.2 Å². The van der Waals surface area contributed by atoms with E-state index in [1.54, 1.807) is 31.8 Å². The maximum atomic E-state index is 13.1. The molecule has 0 saturated carbocycles. The molecule has 41 heavy (non-hydrogen) atoms. The van der Waals surface area contributed by atoms with Gasteiger partial charge in [0.25, 0.3) is 0 Å². The van der Waals surface area contributed by atoms with Gasteiger partial charge in [0.2, 0.25) is 0 Å². The number of aliphatic hydroxyl groups is 1. The number of thiazole rings is 1. The highest BCUT2D eigenvalue weighted by atomic mass is 32.2. The molecule has 1 unspecified atom stereocenters. The molecule has 0 radical (unpaired) electrons. The fourth-order valence-corrected chi connectivity index (χ4v) is 7.17. The number of nitrogens with zero attached hydrogens (tertiary/aromatic N) is 3. The standard InChI is InChI=1S/C32H34N4O3S2/c1-32(2,38)30-33-17-25(41-30)28(36-31(37)39-18-19-9-5-4-6-10-19)24-16-26(40-3)35-29(34-24)27-22-13-7-11-20(22)15-21-12-8-14-23(21)27/h4-6,9-10,15-17,28,38H,7-8,11-14,18H2,1-3H3,(H,36,37). The van der Waals surface area contributed by atoms with Gasteiger partial charge in [-0.25, -0.2) is 19.7 Å². The van der Waals surface area contributed by atoms with Gasteiger partial charge in [-0.1, -0.05) is 36.4 Å². The lowest BCUT2D eigenvalue weighted by atomic mass is 9.93. The van der Waals surface area contributed by atoms with Gasteiger partial charge in [-0.3, -0.25) is 0 Å². The fourth-order valence-electron chi connectivity index (χ4n) is 5.77. The summed E-state index contributed by atoms with van der Waals surface area (Å²) < 4.78 is 5.60. The van der Waals surface area contributed by atoms with Crippen molar-refractivity contribution in [2.24, 2.45) is 0 Å². The predicted molar refractivity (Wildman–Crippen MR) is 162 cm³/mol. The van der Waals surface area contributed by atoms with E-state index in [4.69, 9.17) is 14.7 Å². The molecule has 2 N–H and O–H groups in total. The highest BCUT2D eigenvalue weighted by Gasteiger charge is 2.30. The Morgan fingerprint density at radius 1 is 1.07 bits per heavy atom. The third kappa shape index (κ3) is 5.89. The maximum absolute atomic E-state index is 13.1. The van der Waals surface area contributed by atoms with Gasteiger partial charge in [0.15, 0.2) is 5.82 Å². The number of thioether (sulfide) groups is 1. The molecule has 0 saturated heterocycles. The van der Waals surface area contributed by atoms with Gasteiger partial charge in [0.05, 0.1) is 10.6 Å². The molecule has 1 amide bonds. The molecule has 0 spiro atoms. The molecule has 4 aromatic rings. The SMILES string of the molecule is CSc1cc(C(NC(=O)OCc2ccccc2)c2cnc(C(C)(C)O)s2)nc(-c2c3c(cc4c2CCC4)CCC3)n1. The van der Waals surface area contributed by atoms with E-state index in [0.717, 1.165) is 59.8 Å². The van der Waals surface area contributed by atoms with Crippen LogP contribution in [0.1, 0.15) is 76.1 Å². The van der Waals surface area contributed by atoms with Crippen molar-refractivity contribution < 1.29 is 14.6 Å². The van der Waals surface area contributed by atoms with Gasteiger partial charge in [-0.2, -0.15) is 0 Å². The van der Waals surface area contributed by atoms with Crippen molar-refractivity contribution in [3.05, 3.63) is 92.1 Å². The fraction of sp³-hybridized carbons (Fsp3) is 0.375. The average molecular weight is 587 g/mol. The van der Waals surface area contributed by atoms with Crippen LogP contribution >= 0.6 is 23.1 Å². The van der Waals surface area contributed by atoms with Gasteiger partial charge in [-0.05, 0) is 92.5 Å². The Morgan fingerprint density at radius 3 is 2.41 bits per heavy atom. The lowest BCUT2D eigenvalue weighted by Crippen LogP contribution is -2.30. The molecule has 9 heteroatoms. The summed E-state index contributed by atoms with van der Waals surface area (Å²) in [5.74, 6) is 0.723. The van der Waals surface area contributed by atoms with Crippen LogP contribution in [0.5, 0.6) is 0 Å². The third-order valence-corrected chi connectivity index (χ3v) is 9.73. The van der Waals surface area contributed by atoms with Crippen LogP contribution in [0.25, 0.3) is 11.4 Å². The van der Waals surface area contributed by atoms with Gasteiger partial charge >= 0.3 is 6.09 Å².